The molecule has 2 rings (SSSR count). The minimum atomic E-state index is -0.612. The maximum absolute atomic E-state index is 11.2. The second kappa shape index (κ2) is 7.10. The van der Waals surface area contributed by atoms with Crippen molar-refractivity contribution in [1.29, 1.82) is 0 Å². The van der Waals surface area contributed by atoms with E-state index in [1.807, 2.05) is 18.3 Å². The lowest BCUT2D eigenvalue weighted by Crippen LogP contribution is -2.15. The monoisotopic (exact) mass is 275 g/mol. The zero-order chi connectivity index (χ0) is 14.4. The molecule has 1 heterocycles. The molecule has 2 N–H and O–H groups in total. The van der Waals surface area contributed by atoms with Gasteiger partial charge in [0, 0.05) is 17.1 Å². The van der Waals surface area contributed by atoms with Gasteiger partial charge < -0.3 is 14.8 Å². The van der Waals surface area contributed by atoms with Crippen LogP contribution in [0.2, 0.25) is 0 Å². The Morgan fingerprint density at radius 2 is 2.20 bits per heavy atom. The third-order valence-electron chi connectivity index (χ3n) is 3.37. The molecule has 0 saturated heterocycles. The van der Waals surface area contributed by atoms with Gasteiger partial charge in [0.15, 0.2) is 0 Å². The van der Waals surface area contributed by atoms with Crippen LogP contribution in [0.25, 0.3) is 10.9 Å². The number of hydrogen-bond acceptors (Lipinski definition) is 3. The van der Waals surface area contributed by atoms with E-state index in [9.17, 15) is 9.90 Å². The number of carbonyl (C=O) groups excluding carboxylic acids is 1. The van der Waals surface area contributed by atoms with Crippen LogP contribution in [0.15, 0.2) is 30.5 Å². The number of aliphatic hydroxyl groups excluding tert-OH is 1. The Morgan fingerprint density at radius 1 is 1.40 bits per heavy atom. The van der Waals surface area contributed by atoms with Crippen molar-refractivity contribution in [2.24, 2.45) is 0 Å². The molecule has 0 radical (unpaired) electrons. The summed E-state index contributed by atoms with van der Waals surface area (Å²) in [7, 11) is 0. The largest absolute Gasteiger partial charge is 0.466 e. The highest BCUT2D eigenvalue weighted by atomic mass is 16.5. The summed E-state index contributed by atoms with van der Waals surface area (Å²) >= 11 is 0. The molecule has 1 aromatic heterocycles. The van der Waals surface area contributed by atoms with Crippen molar-refractivity contribution in [2.75, 3.05) is 6.61 Å². The maximum Gasteiger partial charge on any atom is 0.308 e. The Bertz CT molecular complexity index is 562. The molecule has 0 aliphatic rings. The van der Waals surface area contributed by atoms with Crippen LogP contribution in [0.3, 0.4) is 0 Å². The topological polar surface area (TPSA) is 62.3 Å². The summed E-state index contributed by atoms with van der Waals surface area (Å²) in [6.07, 6.45) is 3.84. The highest BCUT2D eigenvalue weighted by molar-refractivity contribution is 5.83. The number of nitrogens with one attached hydrogen (secondary N) is 1. The zero-order valence-corrected chi connectivity index (χ0v) is 11.8. The van der Waals surface area contributed by atoms with Crippen molar-refractivity contribution in [3.05, 3.63) is 36.0 Å². The van der Waals surface area contributed by atoms with Crippen LogP contribution >= 0.6 is 0 Å². The number of benzene rings is 1. The summed E-state index contributed by atoms with van der Waals surface area (Å²) in [6.45, 7) is 2.13. The number of aliphatic hydroxyl groups is 1. The number of aryl methyl sites for hydroxylation is 1. The molecule has 20 heavy (non-hydrogen) atoms. The van der Waals surface area contributed by atoms with E-state index in [4.69, 9.17) is 4.74 Å². The van der Waals surface area contributed by atoms with Crippen molar-refractivity contribution < 1.29 is 14.6 Å². The number of carbonyl (C=O) groups is 1. The number of aromatic nitrogens is 1. The Balaban J connectivity index is 1.79. The fourth-order valence-electron chi connectivity index (χ4n) is 2.38. The first-order valence-corrected chi connectivity index (χ1v) is 7.09. The number of esters is 1. The average molecular weight is 275 g/mol. The van der Waals surface area contributed by atoms with Gasteiger partial charge in [-0.2, -0.15) is 0 Å². The van der Waals surface area contributed by atoms with E-state index in [0.29, 0.717) is 13.0 Å². The lowest BCUT2D eigenvalue weighted by atomic mass is 10.0. The molecule has 0 aliphatic heterocycles. The van der Waals surface area contributed by atoms with E-state index in [-0.39, 0.29) is 12.4 Å². The van der Waals surface area contributed by atoms with Crippen molar-refractivity contribution in [3.8, 4) is 0 Å². The molecule has 0 bridgehead atoms. The fourth-order valence-corrected chi connectivity index (χ4v) is 2.38. The molecular formula is C16H21NO3. The minimum Gasteiger partial charge on any atom is -0.466 e. The third kappa shape index (κ3) is 3.84. The molecule has 0 aliphatic carbocycles. The molecule has 108 valence electrons. The summed E-state index contributed by atoms with van der Waals surface area (Å²) in [5.41, 5.74) is 2.39. The Morgan fingerprint density at radius 3 is 3.00 bits per heavy atom. The molecule has 0 fully saturated rings. The van der Waals surface area contributed by atoms with E-state index < -0.39 is 6.10 Å². The van der Waals surface area contributed by atoms with Gasteiger partial charge in [-0.1, -0.05) is 18.2 Å². The maximum atomic E-state index is 11.2. The summed E-state index contributed by atoms with van der Waals surface area (Å²) in [4.78, 5) is 14.5. The number of hydrogen-bond donors (Lipinski definition) is 2. The van der Waals surface area contributed by atoms with Crippen LogP contribution < -0.4 is 0 Å². The van der Waals surface area contributed by atoms with E-state index in [0.717, 1.165) is 18.4 Å². The molecule has 4 nitrogen and oxygen atoms in total. The molecule has 1 unspecified atom stereocenters. The highest BCUT2D eigenvalue weighted by Crippen LogP contribution is 2.20. The molecule has 0 amide bonds. The predicted octanol–water partition coefficient (Wildman–Crippen LogP) is 2.80. The van der Waals surface area contributed by atoms with Crippen molar-refractivity contribution >= 4 is 16.9 Å². The summed E-state index contributed by atoms with van der Waals surface area (Å²) in [5.74, 6) is -0.327. The first-order chi connectivity index (χ1) is 9.70. The van der Waals surface area contributed by atoms with Gasteiger partial charge in [0.1, 0.15) is 0 Å². The molecular weight excluding hydrogens is 254 g/mol. The van der Waals surface area contributed by atoms with Crippen LogP contribution in [0.5, 0.6) is 0 Å². The molecule has 0 spiro atoms. The normalized spacial score (nSPS) is 12.5. The quantitative estimate of drug-likeness (QED) is 0.764. The van der Waals surface area contributed by atoms with E-state index in [1.165, 1.54) is 10.9 Å². The molecule has 4 heteroatoms. The summed E-state index contributed by atoms with van der Waals surface area (Å²) < 4.78 is 4.82. The van der Waals surface area contributed by atoms with Crippen LogP contribution in [0.1, 0.15) is 31.7 Å². The molecule has 1 atom stereocenters. The van der Waals surface area contributed by atoms with Gasteiger partial charge in [-0.05, 0) is 37.8 Å². The van der Waals surface area contributed by atoms with E-state index in [1.54, 1.807) is 6.92 Å². The Hall–Kier alpha value is -1.81. The zero-order valence-electron chi connectivity index (χ0n) is 11.8. The van der Waals surface area contributed by atoms with Crippen molar-refractivity contribution in [2.45, 2.75) is 38.7 Å². The standard InChI is InChI=1S/C16H21NO3/c1-2-20-16(19)10-13(18)7-5-6-12-11-17-15-9-4-3-8-14(12)15/h3-4,8-9,11,13,17-18H,2,5-7,10H2,1H3. The minimum absolute atomic E-state index is 0.0850. The van der Waals surface area contributed by atoms with Gasteiger partial charge in [0.25, 0.3) is 0 Å². The Kier molecular flexibility index (Phi) is 5.18. The molecule has 0 saturated carbocycles. The van der Waals surface area contributed by atoms with Gasteiger partial charge in [-0.15, -0.1) is 0 Å². The first kappa shape index (κ1) is 14.6. The van der Waals surface area contributed by atoms with Gasteiger partial charge >= 0.3 is 5.97 Å². The van der Waals surface area contributed by atoms with E-state index >= 15 is 0 Å². The van der Waals surface area contributed by atoms with Crippen LogP contribution in [0.4, 0.5) is 0 Å². The lowest BCUT2D eigenvalue weighted by molar-refractivity contribution is -0.145. The summed E-state index contributed by atoms with van der Waals surface area (Å²) in [6, 6.07) is 8.17. The third-order valence-corrected chi connectivity index (χ3v) is 3.37. The van der Waals surface area contributed by atoms with Gasteiger partial charge in [0.05, 0.1) is 19.1 Å². The van der Waals surface area contributed by atoms with Crippen LogP contribution in [0, 0.1) is 0 Å². The van der Waals surface area contributed by atoms with Crippen molar-refractivity contribution in [1.82, 2.24) is 4.98 Å². The Labute approximate surface area is 118 Å². The second-order valence-electron chi connectivity index (χ2n) is 4.91. The average Bonchev–Trinajstić information content (AvgIpc) is 2.82. The number of H-pyrrole nitrogens is 1. The fraction of sp³-hybridized carbons (Fsp3) is 0.438. The SMILES string of the molecule is CCOC(=O)CC(O)CCCc1c[nH]c2ccccc12. The number of para-hydroxylation sites is 1. The van der Waals surface area contributed by atoms with Gasteiger partial charge in [-0.25, -0.2) is 0 Å². The number of ether oxygens (including phenoxy) is 1. The number of aromatic amines is 1. The predicted molar refractivity (Wildman–Crippen MR) is 78.5 cm³/mol. The second-order valence-corrected chi connectivity index (χ2v) is 4.91. The van der Waals surface area contributed by atoms with Crippen LogP contribution in [-0.2, 0) is 16.0 Å². The van der Waals surface area contributed by atoms with Crippen molar-refractivity contribution in [3.63, 3.8) is 0 Å². The highest BCUT2D eigenvalue weighted by Gasteiger charge is 2.11. The smallest absolute Gasteiger partial charge is 0.308 e. The van der Waals surface area contributed by atoms with Gasteiger partial charge in [-0.3, -0.25) is 4.79 Å². The van der Waals surface area contributed by atoms with E-state index in [2.05, 4.69) is 17.1 Å². The van der Waals surface area contributed by atoms with Gasteiger partial charge in [0.2, 0.25) is 0 Å². The number of rotatable bonds is 7. The number of fused-ring (bicyclic) bond motifs is 1. The van der Waals surface area contributed by atoms with Crippen LogP contribution in [-0.4, -0.2) is 28.8 Å². The summed E-state index contributed by atoms with van der Waals surface area (Å²) in [5, 5.41) is 11.0. The molecule has 2 aromatic rings. The molecule has 1 aromatic carbocycles. The first-order valence-electron chi connectivity index (χ1n) is 7.09. The lowest BCUT2D eigenvalue weighted by Gasteiger charge is -2.09.